The lowest BCUT2D eigenvalue weighted by Gasteiger charge is -2.25. The summed E-state index contributed by atoms with van der Waals surface area (Å²) in [5.74, 6) is -2.93. The molecule has 1 unspecified atom stereocenters. The zero-order valence-corrected chi connectivity index (χ0v) is 16.3. The predicted octanol–water partition coefficient (Wildman–Crippen LogP) is 3.29. The maximum absolute atomic E-state index is 14.1. The minimum atomic E-state index is -0.912. The molecule has 1 fully saturated rings. The molecule has 1 aliphatic heterocycles. The van der Waals surface area contributed by atoms with Crippen LogP contribution in [0.5, 0.6) is 5.75 Å². The first-order chi connectivity index (χ1) is 13.9. The number of amides is 1. The third kappa shape index (κ3) is 3.97. The van der Waals surface area contributed by atoms with Crippen molar-refractivity contribution in [3.63, 3.8) is 0 Å². The highest BCUT2D eigenvalue weighted by molar-refractivity contribution is 6.46. The summed E-state index contributed by atoms with van der Waals surface area (Å²) in [5, 5.41) is 20.4. The number of benzene rings is 2. The van der Waals surface area contributed by atoms with Gasteiger partial charge in [-0.25, -0.2) is 4.39 Å². The molecule has 8 heteroatoms. The van der Waals surface area contributed by atoms with E-state index in [1.54, 1.807) is 24.3 Å². The summed E-state index contributed by atoms with van der Waals surface area (Å²) in [6.07, 6.45) is 0.251. The fraction of sp³-hybridized carbons (Fsp3) is 0.238. The Morgan fingerprint density at radius 2 is 2.00 bits per heavy atom. The van der Waals surface area contributed by atoms with Gasteiger partial charge in [0, 0.05) is 23.7 Å². The van der Waals surface area contributed by atoms with Crippen LogP contribution in [0.4, 0.5) is 4.39 Å². The molecule has 0 bridgehead atoms. The molecule has 1 aliphatic rings. The number of rotatable bonds is 6. The van der Waals surface area contributed by atoms with Gasteiger partial charge in [-0.3, -0.25) is 9.59 Å². The van der Waals surface area contributed by atoms with Crippen molar-refractivity contribution in [3.8, 4) is 5.75 Å². The molecule has 29 heavy (non-hydrogen) atoms. The van der Waals surface area contributed by atoms with E-state index >= 15 is 0 Å². The second-order valence-electron chi connectivity index (χ2n) is 6.47. The number of methoxy groups -OCH3 is 1. The highest BCUT2D eigenvalue weighted by atomic mass is 35.5. The molecule has 152 valence electrons. The number of hydrogen-bond acceptors (Lipinski definition) is 5. The molecular formula is C21H19ClFNO5. The monoisotopic (exact) mass is 419 g/mol. The number of hydrogen-bond donors (Lipinski definition) is 2. The van der Waals surface area contributed by atoms with Gasteiger partial charge in [0.05, 0.1) is 18.7 Å². The van der Waals surface area contributed by atoms with Gasteiger partial charge >= 0.3 is 0 Å². The van der Waals surface area contributed by atoms with Gasteiger partial charge < -0.3 is 19.8 Å². The molecule has 1 heterocycles. The van der Waals surface area contributed by atoms with Gasteiger partial charge in [-0.15, -0.1) is 0 Å². The molecule has 2 aromatic rings. The molecule has 3 rings (SSSR count). The Morgan fingerprint density at radius 1 is 1.24 bits per heavy atom. The molecule has 0 saturated carbocycles. The van der Waals surface area contributed by atoms with Gasteiger partial charge in [-0.1, -0.05) is 23.7 Å². The molecule has 1 atom stereocenters. The van der Waals surface area contributed by atoms with Gasteiger partial charge in [0.15, 0.2) is 11.6 Å². The highest BCUT2D eigenvalue weighted by Gasteiger charge is 2.45. The minimum absolute atomic E-state index is 0.0173. The first kappa shape index (κ1) is 20.8. The van der Waals surface area contributed by atoms with Gasteiger partial charge in [0.1, 0.15) is 5.76 Å². The fourth-order valence-corrected chi connectivity index (χ4v) is 3.54. The quantitative estimate of drug-likeness (QED) is 0.426. The topological polar surface area (TPSA) is 87.1 Å². The van der Waals surface area contributed by atoms with E-state index in [-0.39, 0.29) is 36.5 Å². The van der Waals surface area contributed by atoms with Crippen molar-refractivity contribution in [1.82, 2.24) is 4.90 Å². The summed E-state index contributed by atoms with van der Waals surface area (Å²) in [6.45, 7) is -0.0685. The molecule has 6 nitrogen and oxygen atoms in total. The van der Waals surface area contributed by atoms with Gasteiger partial charge in [-0.2, -0.15) is 0 Å². The van der Waals surface area contributed by atoms with Crippen LogP contribution >= 0.6 is 11.6 Å². The fourth-order valence-electron chi connectivity index (χ4n) is 3.34. The van der Waals surface area contributed by atoms with Crippen molar-refractivity contribution in [1.29, 1.82) is 0 Å². The maximum atomic E-state index is 14.1. The molecule has 2 N–H and O–H groups in total. The van der Waals surface area contributed by atoms with Crippen LogP contribution in [0.3, 0.4) is 0 Å². The molecule has 1 saturated heterocycles. The van der Waals surface area contributed by atoms with Crippen LogP contribution in [0.15, 0.2) is 48.0 Å². The summed E-state index contributed by atoms with van der Waals surface area (Å²) in [4.78, 5) is 26.6. The lowest BCUT2D eigenvalue weighted by molar-refractivity contribution is -0.140. The smallest absolute Gasteiger partial charge is 0.295 e. The zero-order valence-electron chi connectivity index (χ0n) is 15.6. The minimum Gasteiger partial charge on any atom is -0.507 e. The zero-order chi connectivity index (χ0) is 21.1. The Bertz CT molecular complexity index is 991. The predicted molar refractivity (Wildman–Crippen MR) is 105 cm³/mol. The van der Waals surface area contributed by atoms with E-state index < -0.39 is 29.3 Å². The highest BCUT2D eigenvalue weighted by Crippen LogP contribution is 2.40. The van der Waals surface area contributed by atoms with Crippen molar-refractivity contribution in [2.24, 2.45) is 0 Å². The third-order valence-corrected chi connectivity index (χ3v) is 4.92. The Kier molecular flexibility index (Phi) is 6.20. The Balaban J connectivity index is 2.17. The first-order valence-corrected chi connectivity index (χ1v) is 9.25. The Labute approximate surface area is 171 Å². The summed E-state index contributed by atoms with van der Waals surface area (Å²) < 4.78 is 19.0. The van der Waals surface area contributed by atoms with Gasteiger partial charge in [0.25, 0.3) is 11.7 Å². The van der Waals surface area contributed by atoms with Crippen molar-refractivity contribution in [3.05, 3.63) is 70.0 Å². The van der Waals surface area contributed by atoms with Crippen LogP contribution in [-0.4, -0.2) is 47.1 Å². The Morgan fingerprint density at radius 3 is 2.62 bits per heavy atom. The lowest BCUT2D eigenvalue weighted by atomic mass is 9.95. The van der Waals surface area contributed by atoms with Crippen LogP contribution in [0, 0.1) is 5.82 Å². The largest absolute Gasteiger partial charge is 0.507 e. The number of carbonyl (C=O) groups excluding carboxylic acids is 2. The number of ether oxygens (including phenoxy) is 1. The number of aliphatic hydroxyl groups excluding tert-OH is 2. The van der Waals surface area contributed by atoms with Crippen LogP contribution in [0.1, 0.15) is 23.6 Å². The van der Waals surface area contributed by atoms with Crippen LogP contribution in [0.2, 0.25) is 5.02 Å². The number of Topliss-reactive ketones (excluding diaryl/α,β-unsaturated/α-hetero) is 1. The van der Waals surface area contributed by atoms with Crippen LogP contribution in [-0.2, 0) is 9.59 Å². The molecule has 0 radical (unpaired) electrons. The van der Waals surface area contributed by atoms with E-state index in [9.17, 15) is 19.1 Å². The molecule has 0 aliphatic carbocycles. The van der Waals surface area contributed by atoms with Crippen LogP contribution < -0.4 is 4.74 Å². The van der Waals surface area contributed by atoms with E-state index in [1.807, 2.05) is 0 Å². The number of carbonyl (C=O) groups is 2. The first-order valence-electron chi connectivity index (χ1n) is 8.87. The average Bonchev–Trinajstić information content (AvgIpc) is 2.96. The number of ketones is 1. The summed E-state index contributed by atoms with van der Waals surface area (Å²) in [7, 11) is 1.31. The lowest BCUT2D eigenvalue weighted by Crippen LogP contribution is -2.31. The maximum Gasteiger partial charge on any atom is 0.295 e. The van der Waals surface area contributed by atoms with E-state index in [2.05, 4.69) is 0 Å². The number of halogens is 2. The summed E-state index contributed by atoms with van der Waals surface area (Å²) >= 11 is 6.08. The van der Waals surface area contributed by atoms with E-state index in [1.165, 1.54) is 24.1 Å². The second kappa shape index (κ2) is 8.63. The second-order valence-corrected chi connectivity index (χ2v) is 6.91. The number of likely N-dealkylation sites (tertiary alicyclic amines) is 1. The van der Waals surface area contributed by atoms with E-state index in [0.29, 0.717) is 10.6 Å². The molecule has 1 amide bonds. The van der Waals surface area contributed by atoms with Gasteiger partial charge in [0.2, 0.25) is 0 Å². The summed E-state index contributed by atoms with van der Waals surface area (Å²) in [6, 6.07) is 9.41. The van der Waals surface area contributed by atoms with Crippen LogP contribution in [0.25, 0.3) is 5.76 Å². The molecule has 0 aromatic heterocycles. The number of aliphatic hydroxyl groups is 2. The summed E-state index contributed by atoms with van der Waals surface area (Å²) in [5.41, 5.74) is 0.389. The van der Waals surface area contributed by atoms with Crippen molar-refractivity contribution in [2.75, 3.05) is 20.3 Å². The van der Waals surface area contributed by atoms with Crippen molar-refractivity contribution in [2.45, 2.75) is 12.5 Å². The molecule has 0 spiro atoms. The van der Waals surface area contributed by atoms with Gasteiger partial charge in [-0.05, 0) is 42.3 Å². The van der Waals surface area contributed by atoms with Crippen molar-refractivity contribution >= 4 is 29.1 Å². The third-order valence-electron chi connectivity index (χ3n) is 4.69. The molecular weight excluding hydrogens is 401 g/mol. The molecule has 2 aromatic carbocycles. The van der Waals surface area contributed by atoms with E-state index in [0.717, 1.165) is 6.07 Å². The normalized spacial score (nSPS) is 18.3. The SMILES string of the molecule is COc1ccc(/C(O)=C2\C(=O)C(=O)N(CCCO)C2c2cccc(Cl)c2)cc1F. The number of nitrogens with zero attached hydrogens (tertiary/aromatic N) is 1. The van der Waals surface area contributed by atoms with Crippen molar-refractivity contribution < 1.29 is 28.9 Å². The van der Waals surface area contributed by atoms with E-state index in [4.69, 9.17) is 21.4 Å². The standard InChI is InChI=1S/C21H19ClFNO5/c1-29-16-7-6-13(11-15(16)23)19(26)17-18(12-4-2-5-14(22)10-12)24(8-3-9-25)21(28)20(17)27/h2,4-7,10-11,18,25-26H,3,8-9H2,1H3/b19-17+. The average molecular weight is 420 g/mol. The Hall–Kier alpha value is -2.90.